The molecule has 0 saturated heterocycles. The summed E-state index contributed by atoms with van der Waals surface area (Å²) in [5.41, 5.74) is 0.309. The van der Waals surface area contributed by atoms with E-state index in [0.29, 0.717) is 24.0 Å². The first-order valence-corrected chi connectivity index (χ1v) is 5.61. The van der Waals surface area contributed by atoms with E-state index in [4.69, 9.17) is 10.4 Å². The Labute approximate surface area is 104 Å². The number of nitrogens with zero attached hydrogens (tertiary/aromatic N) is 1. The number of aliphatic hydroxyl groups is 2. The highest BCUT2D eigenvalue weighted by atomic mass is 16.4. The molecule has 1 aliphatic carbocycles. The van der Waals surface area contributed by atoms with Crippen LogP contribution in [-0.4, -0.2) is 27.4 Å². The van der Waals surface area contributed by atoms with Gasteiger partial charge in [0.25, 0.3) is 0 Å². The number of hydrogen-bond acceptors (Lipinski definition) is 4. The SMILES string of the molecule is N#CC(O)C(O)c1ccc(C2(C(=O)O)CC2)cc1. The Kier molecular flexibility index (Phi) is 3.07. The average molecular weight is 247 g/mol. The summed E-state index contributed by atoms with van der Waals surface area (Å²) in [5, 5.41) is 36.4. The van der Waals surface area contributed by atoms with Crippen LogP contribution in [0.2, 0.25) is 0 Å². The quantitative estimate of drug-likeness (QED) is 0.680. The van der Waals surface area contributed by atoms with Crippen LogP contribution < -0.4 is 0 Å². The lowest BCUT2D eigenvalue weighted by Crippen LogP contribution is -2.20. The summed E-state index contributed by atoms with van der Waals surface area (Å²) in [6.07, 6.45) is -1.52. The van der Waals surface area contributed by atoms with Crippen molar-refractivity contribution in [2.24, 2.45) is 0 Å². The van der Waals surface area contributed by atoms with Crippen LogP contribution in [0.5, 0.6) is 0 Å². The molecule has 5 heteroatoms. The molecule has 1 aromatic rings. The van der Waals surface area contributed by atoms with Crippen molar-refractivity contribution in [2.75, 3.05) is 0 Å². The molecular weight excluding hydrogens is 234 g/mol. The Morgan fingerprint density at radius 3 is 2.22 bits per heavy atom. The Morgan fingerprint density at radius 1 is 1.28 bits per heavy atom. The van der Waals surface area contributed by atoms with E-state index in [-0.39, 0.29) is 0 Å². The van der Waals surface area contributed by atoms with Crippen molar-refractivity contribution in [3.8, 4) is 6.07 Å². The van der Waals surface area contributed by atoms with Gasteiger partial charge in [0.05, 0.1) is 11.5 Å². The molecule has 1 saturated carbocycles. The second kappa shape index (κ2) is 4.41. The maximum absolute atomic E-state index is 11.1. The van der Waals surface area contributed by atoms with Crippen LogP contribution in [0, 0.1) is 11.3 Å². The Morgan fingerprint density at radius 2 is 1.83 bits per heavy atom. The lowest BCUT2D eigenvalue weighted by molar-refractivity contribution is -0.140. The van der Waals surface area contributed by atoms with E-state index in [9.17, 15) is 15.0 Å². The highest BCUT2D eigenvalue weighted by molar-refractivity contribution is 5.84. The minimum absolute atomic E-state index is 0.397. The highest BCUT2D eigenvalue weighted by Crippen LogP contribution is 2.48. The number of hydrogen-bond donors (Lipinski definition) is 3. The van der Waals surface area contributed by atoms with E-state index in [1.807, 2.05) is 0 Å². The van der Waals surface area contributed by atoms with Crippen molar-refractivity contribution >= 4 is 5.97 Å². The van der Waals surface area contributed by atoms with Crippen molar-refractivity contribution in [3.05, 3.63) is 35.4 Å². The molecule has 0 bridgehead atoms. The molecule has 5 nitrogen and oxygen atoms in total. The minimum Gasteiger partial charge on any atom is -0.481 e. The second-order valence-electron chi connectivity index (χ2n) is 4.53. The first-order chi connectivity index (χ1) is 8.51. The fraction of sp³-hybridized carbons (Fsp3) is 0.385. The first kappa shape index (κ1) is 12.6. The molecule has 2 rings (SSSR count). The lowest BCUT2D eigenvalue weighted by atomic mass is 9.94. The van der Waals surface area contributed by atoms with Gasteiger partial charge >= 0.3 is 5.97 Å². The van der Waals surface area contributed by atoms with Crippen LogP contribution in [0.3, 0.4) is 0 Å². The topological polar surface area (TPSA) is 102 Å². The molecule has 18 heavy (non-hydrogen) atoms. The summed E-state index contributed by atoms with van der Waals surface area (Å²) in [6.45, 7) is 0. The van der Waals surface area contributed by atoms with E-state index in [1.165, 1.54) is 0 Å². The van der Waals surface area contributed by atoms with Gasteiger partial charge in [-0.3, -0.25) is 4.79 Å². The lowest BCUT2D eigenvalue weighted by Gasteiger charge is -2.14. The maximum Gasteiger partial charge on any atom is 0.314 e. The van der Waals surface area contributed by atoms with Crippen molar-refractivity contribution in [2.45, 2.75) is 30.5 Å². The van der Waals surface area contributed by atoms with Crippen molar-refractivity contribution in [1.82, 2.24) is 0 Å². The zero-order chi connectivity index (χ0) is 13.3. The molecule has 0 aliphatic heterocycles. The summed E-state index contributed by atoms with van der Waals surface area (Å²) >= 11 is 0. The fourth-order valence-electron chi connectivity index (χ4n) is 2.00. The zero-order valence-electron chi connectivity index (χ0n) is 9.58. The van der Waals surface area contributed by atoms with Gasteiger partial charge in [0.15, 0.2) is 6.10 Å². The molecular formula is C13H13NO4. The van der Waals surface area contributed by atoms with Crippen LogP contribution in [0.15, 0.2) is 24.3 Å². The van der Waals surface area contributed by atoms with Gasteiger partial charge in [0.2, 0.25) is 0 Å². The monoisotopic (exact) mass is 247 g/mol. The third-order valence-electron chi connectivity index (χ3n) is 3.40. The number of carboxylic acid groups (broad SMARTS) is 1. The summed E-state index contributed by atoms with van der Waals surface area (Å²) < 4.78 is 0. The van der Waals surface area contributed by atoms with E-state index >= 15 is 0 Å². The zero-order valence-corrected chi connectivity index (χ0v) is 9.58. The van der Waals surface area contributed by atoms with Gasteiger partial charge < -0.3 is 15.3 Å². The normalized spacial score (nSPS) is 19.6. The molecule has 1 aliphatic rings. The van der Waals surface area contributed by atoms with Crippen LogP contribution >= 0.6 is 0 Å². The van der Waals surface area contributed by atoms with Crippen LogP contribution in [0.4, 0.5) is 0 Å². The molecule has 0 amide bonds. The number of carbonyl (C=O) groups is 1. The maximum atomic E-state index is 11.1. The number of benzene rings is 1. The van der Waals surface area contributed by atoms with Gasteiger partial charge in [-0.25, -0.2) is 0 Å². The molecule has 0 spiro atoms. The Hall–Kier alpha value is -1.90. The third-order valence-corrected chi connectivity index (χ3v) is 3.40. The van der Waals surface area contributed by atoms with Gasteiger partial charge in [-0.15, -0.1) is 0 Å². The van der Waals surface area contributed by atoms with Gasteiger partial charge in [-0.2, -0.15) is 5.26 Å². The van der Waals surface area contributed by atoms with Crippen LogP contribution in [0.1, 0.15) is 30.1 Å². The Balaban J connectivity index is 2.22. The van der Waals surface area contributed by atoms with E-state index in [0.717, 1.165) is 0 Å². The smallest absolute Gasteiger partial charge is 0.314 e. The summed E-state index contributed by atoms with van der Waals surface area (Å²) in [4.78, 5) is 11.1. The number of carboxylic acids is 1. The van der Waals surface area contributed by atoms with Crippen LogP contribution in [-0.2, 0) is 10.2 Å². The molecule has 0 heterocycles. The van der Waals surface area contributed by atoms with Gasteiger partial charge in [-0.1, -0.05) is 24.3 Å². The molecule has 0 radical (unpaired) electrons. The Bertz CT molecular complexity index is 499. The predicted octanol–water partition coefficient (Wildman–Crippen LogP) is 0.721. The van der Waals surface area contributed by atoms with E-state index in [1.54, 1.807) is 30.3 Å². The van der Waals surface area contributed by atoms with Gasteiger partial charge in [0, 0.05) is 0 Å². The number of aliphatic carboxylic acids is 1. The van der Waals surface area contributed by atoms with E-state index in [2.05, 4.69) is 0 Å². The van der Waals surface area contributed by atoms with Crippen molar-refractivity contribution < 1.29 is 20.1 Å². The molecule has 2 unspecified atom stereocenters. The van der Waals surface area contributed by atoms with Crippen molar-refractivity contribution in [1.29, 1.82) is 5.26 Å². The minimum atomic E-state index is -1.48. The first-order valence-electron chi connectivity index (χ1n) is 5.61. The van der Waals surface area contributed by atoms with E-state index < -0.39 is 23.6 Å². The molecule has 0 aromatic heterocycles. The number of rotatable bonds is 4. The molecule has 1 fully saturated rings. The third kappa shape index (κ3) is 1.96. The average Bonchev–Trinajstić information content (AvgIpc) is 3.18. The number of aliphatic hydroxyl groups excluding tert-OH is 2. The van der Waals surface area contributed by atoms with Gasteiger partial charge in [-0.05, 0) is 24.0 Å². The standard InChI is InChI=1S/C13H13NO4/c14-7-10(15)11(16)8-1-3-9(4-2-8)13(5-6-13)12(17)18/h1-4,10-11,15-16H,5-6H2,(H,17,18). The van der Waals surface area contributed by atoms with Crippen LogP contribution in [0.25, 0.3) is 0 Å². The fourth-order valence-corrected chi connectivity index (χ4v) is 2.00. The molecule has 94 valence electrons. The predicted molar refractivity (Wildman–Crippen MR) is 61.6 cm³/mol. The summed E-state index contributed by atoms with van der Waals surface area (Å²) in [5.74, 6) is -0.840. The van der Waals surface area contributed by atoms with Crippen molar-refractivity contribution in [3.63, 3.8) is 0 Å². The highest BCUT2D eigenvalue weighted by Gasteiger charge is 2.51. The summed E-state index contributed by atoms with van der Waals surface area (Å²) in [7, 11) is 0. The molecule has 3 N–H and O–H groups in total. The summed E-state index contributed by atoms with van der Waals surface area (Å²) in [6, 6.07) is 7.90. The largest absolute Gasteiger partial charge is 0.481 e. The molecule has 2 atom stereocenters. The van der Waals surface area contributed by atoms with Gasteiger partial charge in [0.1, 0.15) is 6.10 Å². The number of nitriles is 1. The second-order valence-corrected chi connectivity index (χ2v) is 4.53. The molecule has 1 aromatic carbocycles.